The third-order valence-electron chi connectivity index (χ3n) is 4.43. The second kappa shape index (κ2) is 7.76. The fourth-order valence-corrected chi connectivity index (χ4v) is 3.09. The van der Waals surface area contributed by atoms with Crippen molar-refractivity contribution in [3.05, 3.63) is 47.0 Å². The van der Waals surface area contributed by atoms with E-state index in [0.29, 0.717) is 25.3 Å². The largest absolute Gasteiger partial charge is 0.392 e. The lowest BCUT2D eigenvalue weighted by atomic mass is 10.2. The van der Waals surface area contributed by atoms with E-state index in [4.69, 9.17) is 0 Å². The van der Waals surface area contributed by atoms with E-state index < -0.39 is 0 Å². The van der Waals surface area contributed by atoms with Crippen LogP contribution in [0.5, 0.6) is 0 Å². The molecular formula is C18H25N5O2. The van der Waals surface area contributed by atoms with E-state index in [1.165, 1.54) is 0 Å². The third-order valence-corrected chi connectivity index (χ3v) is 4.43. The molecule has 3 rings (SSSR count). The lowest BCUT2D eigenvalue weighted by Gasteiger charge is -2.14. The number of carbonyl (C=O) groups is 1. The number of nitrogens with zero attached hydrogens (tertiary/aromatic N) is 4. The van der Waals surface area contributed by atoms with Gasteiger partial charge in [0.1, 0.15) is 0 Å². The summed E-state index contributed by atoms with van der Waals surface area (Å²) in [4.78, 5) is 18.9. The van der Waals surface area contributed by atoms with Crippen molar-refractivity contribution in [1.29, 1.82) is 0 Å². The molecule has 2 aromatic rings. The number of aliphatic hydroxyl groups is 1. The van der Waals surface area contributed by atoms with Gasteiger partial charge in [-0.05, 0) is 31.4 Å². The van der Waals surface area contributed by atoms with E-state index in [2.05, 4.69) is 20.3 Å². The van der Waals surface area contributed by atoms with Gasteiger partial charge in [0.25, 0.3) is 5.91 Å². The molecule has 7 heteroatoms. The summed E-state index contributed by atoms with van der Waals surface area (Å²) in [6.07, 6.45) is 4.97. The normalized spacial score (nSPS) is 17.8. The molecule has 7 nitrogen and oxygen atoms in total. The smallest absolute Gasteiger partial charge is 0.272 e. The van der Waals surface area contributed by atoms with Crippen molar-refractivity contribution in [2.24, 2.45) is 7.05 Å². The van der Waals surface area contributed by atoms with Crippen LogP contribution in [-0.2, 0) is 20.0 Å². The molecule has 1 amide bonds. The van der Waals surface area contributed by atoms with Crippen LogP contribution in [0.2, 0.25) is 0 Å². The average Bonchev–Trinajstić information content (AvgIpc) is 3.15. The van der Waals surface area contributed by atoms with Crippen molar-refractivity contribution >= 4 is 5.91 Å². The molecule has 0 aliphatic carbocycles. The van der Waals surface area contributed by atoms with Crippen molar-refractivity contribution in [1.82, 2.24) is 25.0 Å². The van der Waals surface area contributed by atoms with Crippen LogP contribution in [0.4, 0.5) is 0 Å². The Morgan fingerprint density at radius 3 is 2.96 bits per heavy atom. The maximum atomic E-state index is 12.5. The molecule has 25 heavy (non-hydrogen) atoms. The number of aryl methyl sites for hydroxylation is 2. The molecule has 1 aliphatic heterocycles. The van der Waals surface area contributed by atoms with Crippen LogP contribution >= 0.6 is 0 Å². The quantitative estimate of drug-likeness (QED) is 0.805. The molecule has 1 fully saturated rings. The van der Waals surface area contributed by atoms with E-state index in [1.807, 2.05) is 38.5 Å². The van der Waals surface area contributed by atoms with Crippen LogP contribution in [0, 0.1) is 6.92 Å². The standard InChI is InChI=1S/C18H25N5O2/c1-13-3-4-14(9-20-13)5-7-19-18(25)17-15(10-22(2)21-17)11-23-8-6-16(24)12-23/h3-4,9-10,16,24H,5-8,11-12H2,1-2H3,(H,19,25). The number of hydrogen-bond acceptors (Lipinski definition) is 5. The summed E-state index contributed by atoms with van der Waals surface area (Å²) in [6, 6.07) is 4.00. The van der Waals surface area contributed by atoms with Gasteiger partial charge in [-0.3, -0.25) is 19.4 Å². The Balaban J connectivity index is 1.57. The zero-order chi connectivity index (χ0) is 17.8. The van der Waals surface area contributed by atoms with E-state index in [0.717, 1.165) is 36.2 Å². The number of carbonyl (C=O) groups excluding carboxylic acids is 1. The van der Waals surface area contributed by atoms with Crippen LogP contribution in [-0.4, -0.2) is 56.4 Å². The summed E-state index contributed by atoms with van der Waals surface area (Å²) in [5.41, 5.74) is 3.44. The summed E-state index contributed by atoms with van der Waals surface area (Å²) < 4.78 is 1.67. The number of hydrogen-bond donors (Lipinski definition) is 2. The Kier molecular flexibility index (Phi) is 5.45. The highest BCUT2D eigenvalue weighted by Gasteiger charge is 2.23. The lowest BCUT2D eigenvalue weighted by Crippen LogP contribution is -2.28. The van der Waals surface area contributed by atoms with Crippen molar-refractivity contribution in [3.8, 4) is 0 Å². The van der Waals surface area contributed by atoms with Gasteiger partial charge in [0.05, 0.1) is 6.10 Å². The van der Waals surface area contributed by atoms with Crippen LogP contribution in [0.15, 0.2) is 24.5 Å². The molecule has 0 bridgehead atoms. The first-order valence-electron chi connectivity index (χ1n) is 8.64. The fraction of sp³-hybridized carbons (Fsp3) is 0.500. The Morgan fingerprint density at radius 2 is 2.28 bits per heavy atom. The summed E-state index contributed by atoms with van der Waals surface area (Å²) >= 11 is 0. The molecule has 0 spiro atoms. The molecule has 2 N–H and O–H groups in total. The van der Waals surface area contributed by atoms with E-state index in [-0.39, 0.29) is 12.0 Å². The topological polar surface area (TPSA) is 83.3 Å². The van der Waals surface area contributed by atoms with Crippen molar-refractivity contribution in [2.45, 2.75) is 32.4 Å². The van der Waals surface area contributed by atoms with Crippen LogP contribution in [0.3, 0.4) is 0 Å². The number of β-amino-alcohol motifs (C(OH)–C–C–N with tert-alkyl or cyclic N) is 1. The minimum absolute atomic E-state index is 0.157. The van der Waals surface area contributed by atoms with Crippen molar-refractivity contribution < 1.29 is 9.90 Å². The van der Waals surface area contributed by atoms with Gasteiger partial charge in [0.2, 0.25) is 0 Å². The summed E-state index contributed by atoms with van der Waals surface area (Å²) in [6.45, 7) is 4.62. The number of aliphatic hydroxyl groups excluding tert-OH is 1. The first-order chi connectivity index (χ1) is 12.0. The zero-order valence-electron chi connectivity index (χ0n) is 14.8. The summed E-state index contributed by atoms with van der Waals surface area (Å²) in [7, 11) is 1.82. The predicted octanol–water partition coefficient (Wildman–Crippen LogP) is 0.663. The molecule has 1 unspecified atom stereocenters. The molecule has 0 aromatic carbocycles. The summed E-state index contributed by atoms with van der Waals surface area (Å²) in [5.74, 6) is -0.157. The molecule has 1 aliphatic rings. The molecule has 1 atom stereocenters. The van der Waals surface area contributed by atoms with Crippen LogP contribution in [0.1, 0.15) is 33.7 Å². The zero-order valence-corrected chi connectivity index (χ0v) is 14.8. The predicted molar refractivity (Wildman–Crippen MR) is 94.1 cm³/mol. The highest BCUT2D eigenvalue weighted by molar-refractivity contribution is 5.93. The van der Waals surface area contributed by atoms with Crippen molar-refractivity contribution in [2.75, 3.05) is 19.6 Å². The highest BCUT2D eigenvalue weighted by Crippen LogP contribution is 2.15. The SMILES string of the molecule is Cc1ccc(CCNC(=O)c2nn(C)cc2CN2CCC(O)C2)cn1. The first-order valence-corrected chi connectivity index (χ1v) is 8.64. The molecular weight excluding hydrogens is 318 g/mol. The van der Waals surface area contributed by atoms with Crippen LogP contribution < -0.4 is 5.32 Å². The first kappa shape index (κ1) is 17.6. The van der Waals surface area contributed by atoms with E-state index >= 15 is 0 Å². The maximum Gasteiger partial charge on any atom is 0.272 e. The number of pyridine rings is 1. The van der Waals surface area contributed by atoms with Gasteiger partial charge >= 0.3 is 0 Å². The molecule has 134 valence electrons. The number of likely N-dealkylation sites (tertiary alicyclic amines) is 1. The Morgan fingerprint density at radius 1 is 1.44 bits per heavy atom. The van der Waals surface area contributed by atoms with Gasteiger partial charge in [-0.1, -0.05) is 6.07 Å². The number of aromatic nitrogens is 3. The second-order valence-corrected chi connectivity index (χ2v) is 6.67. The van der Waals surface area contributed by atoms with E-state index in [1.54, 1.807) is 4.68 Å². The van der Waals surface area contributed by atoms with Crippen LogP contribution in [0.25, 0.3) is 0 Å². The Hall–Kier alpha value is -2.25. The highest BCUT2D eigenvalue weighted by atomic mass is 16.3. The molecule has 0 saturated carbocycles. The average molecular weight is 343 g/mol. The summed E-state index contributed by atoms with van der Waals surface area (Å²) in [5, 5.41) is 16.9. The second-order valence-electron chi connectivity index (χ2n) is 6.67. The fourth-order valence-electron chi connectivity index (χ4n) is 3.09. The number of amides is 1. The number of nitrogens with one attached hydrogen (secondary N) is 1. The monoisotopic (exact) mass is 343 g/mol. The van der Waals surface area contributed by atoms with Gasteiger partial charge in [0.15, 0.2) is 5.69 Å². The third kappa shape index (κ3) is 4.64. The minimum atomic E-state index is -0.267. The Bertz CT molecular complexity index is 726. The molecule has 1 saturated heterocycles. The Labute approximate surface area is 147 Å². The molecule has 3 heterocycles. The van der Waals surface area contributed by atoms with Crippen molar-refractivity contribution in [3.63, 3.8) is 0 Å². The van der Waals surface area contributed by atoms with Gasteiger partial charge in [-0.15, -0.1) is 0 Å². The lowest BCUT2D eigenvalue weighted by molar-refractivity contribution is 0.0946. The van der Waals surface area contributed by atoms with Gasteiger partial charge in [0, 0.05) is 56.9 Å². The molecule has 2 aromatic heterocycles. The van der Waals surface area contributed by atoms with Gasteiger partial charge in [-0.2, -0.15) is 5.10 Å². The van der Waals surface area contributed by atoms with E-state index in [9.17, 15) is 9.90 Å². The molecule has 0 radical (unpaired) electrons. The minimum Gasteiger partial charge on any atom is -0.392 e. The van der Waals surface area contributed by atoms with Gasteiger partial charge < -0.3 is 10.4 Å². The maximum absolute atomic E-state index is 12.5. The number of rotatable bonds is 6. The van der Waals surface area contributed by atoms with Gasteiger partial charge in [-0.25, -0.2) is 0 Å².